The van der Waals surface area contributed by atoms with Crippen LogP contribution in [0.3, 0.4) is 0 Å². The van der Waals surface area contributed by atoms with Gasteiger partial charge in [-0.05, 0) is 12.8 Å². The number of nitrogens with zero attached hydrogens (tertiary/aromatic N) is 3. The summed E-state index contributed by atoms with van der Waals surface area (Å²) in [6, 6.07) is 1.70. The van der Waals surface area contributed by atoms with Crippen LogP contribution in [0.15, 0.2) is 0 Å². The van der Waals surface area contributed by atoms with Gasteiger partial charge in [-0.25, -0.2) is 0 Å². The lowest BCUT2D eigenvalue weighted by Crippen LogP contribution is -2.45. The van der Waals surface area contributed by atoms with Crippen LogP contribution in [0.4, 0.5) is 0 Å². The van der Waals surface area contributed by atoms with E-state index in [0.717, 1.165) is 17.7 Å². The molecule has 0 aromatic carbocycles. The van der Waals surface area contributed by atoms with E-state index < -0.39 is 11.8 Å². The molecule has 1 aliphatic heterocycles. The van der Waals surface area contributed by atoms with Crippen molar-refractivity contribution in [2.75, 3.05) is 33.2 Å². The van der Waals surface area contributed by atoms with Crippen molar-refractivity contribution in [1.29, 1.82) is 5.26 Å². The largest absolute Gasteiger partial charge is 0.341 e. The van der Waals surface area contributed by atoms with E-state index >= 15 is 0 Å². The second-order valence-corrected chi connectivity index (χ2v) is 4.09. The summed E-state index contributed by atoms with van der Waals surface area (Å²) in [5.74, 6) is -1.83. The first-order valence-electron chi connectivity index (χ1n) is 5.74. The van der Waals surface area contributed by atoms with Crippen LogP contribution in [-0.4, -0.2) is 60.7 Å². The zero-order chi connectivity index (χ0) is 13.5. The van der Waals surface area contributed by atoms with Crippen molar-refractivity contribution in [3.05, 3.63) is 0 Å². The van der Waals surface area contributed by atoms with Gasteiger partial charge >= 0.3 is 11.8 Å². The number of amides is 3. The highest BCUT2D eigenvalue weighted by atomic mass is 16.2. The number of nitriles is 1. The molecule has 1 saturated heterocycles. The monoisotopic (exact) mass is 252 g/mol. The number of nitrogens with one attached hydrogen (secondary N) is 1. The van der Waals surface area contributed by atoms with Gasteiger partial charge in [-0.15, -0.1) is 0 Å². The first-order chi connectivity index (χ1) is 8.56. The van der Waals surface area contributed by atoms with Crippen LogP contribution in [0.25, 0.3) is 0 Å². The molecule has 18 heavy (non-hydrogen) atoms. The SMILES string of the molecule is CN(CC(=O)N1CCCC1)C(=O)C(=O)NCC#N. The molecule has 1 rings (SSSR count). The number of likely N-dealkylation sites (tertiary alicyclic amines) is 1. The van der Waals surface area contributed by atoms with Crippen molar-refractivity contribution in [3.63, 3.8) is 0 Å². The Morgan fingerprint density at radius 3 is 2.50 bits per heavy atom. The minimum absolute atomic E-state index is 0.112. The van der Waals surface area contributed by atoms with E-state index in [2.05, 4.69) is 5.32 Å². The summed E-state index contributed by atoms with van der Waals surface area (Å²) in [6.45, 7) is 1.08. The lowest BCUT2D eigenvalue weighted by molar-refractivity contribution is -0.147. The smallest absolute Gasteiger partial charge is 0.312 e. The van der Waals surface area contributed by atoms with Crippen molar-refractivity contribution in [2.24, 2.45) is 0 Å². The van der Waals surface area contributed by atoms with Gasteiger partial charge in [0.25, 0.3) is 0 Å². The molecule has 0 unspecified atom stereocenters. The summed E-state index contributed by atoms with van der Waals surface area (Å²) >= 11 is 0. The normalized spacial score (nSPS) is 13.9. The Labute approximate surface area is 105 Å². The number of carbonyl (C=O) groups is 3. The van der Waals surface area contributed by atoms with Gasteiger partial charge in [0.2, 0.25) is 5.91 Å². The van der Waals surface area contributed by atoms with Gasteiger partial charge in [0.15, 0.2) is 0 Å². The summed E-state index contributed by atoms with van der Waals surface area (Å²) in [6.07, 6.45) is 1.96. The fourth-order valence-electron chi connectivity index (χ4n) is 1.71. The molecule has 0 aromatic rings. The third-order valence-electron chi connectivity index (χ3n) is 2.70. The number of hydrogen-bond donors (Lipinski definition) is 1. The van der Waals surface area contributed by atoms with Crippen LogP contribution >= 0.6 is 0 Å². The molecule has 7 nitrogen and oxygen atoms in total. The Bertz CT molecular complexity index is 382. The fourth-order valence-corrected chi connectivity index (χ4v) is 1.71. The molecule has 0 radical (unpaired) electrons. The predicted molar refractivity (Wildman–Crippen MR) is 62.1 cm³/mol. The maximum absolute atomic E-state index is 11.7. The quantitative estimate of drug-likeness (QED) is 0.499. The molecule has 1 aliphatic rings. The predicted octanol–water partition coefficient (Wildman–Crippen LogP) is -1.29. The first-order valence-corrected chi connectivity index (χ1v) is 5.74. The highest BCUT2D eigenvalue weighted by Crippen LogP contribution is 2.07. The van der Waals surface area contributed by atoms with Crippen molar-refractivity contribution in [3.8, 4) is 6.07 Å². The van der Waals surface area contributed by atoms with Gasteiger partial charge in [0.05, 0.1) is 12.6 Å². The topological polar surface area (TPSA) is 93.5 Å². The van der Waals surface area contributed by atoms with E-state index in [1.165, 1.54) is 7.05 Å². The molecule has 0 aromatic heterocycles. The average molecular weight is 252 g/mol. The van der Waals surface area contributed by atoms with E-state index in [1.54, 1.807) is 11.0 Å². The lowest BCUT2D eigenvalue weighted by atomic mass is 10.4. The lowest BCUT2D eigenvalue weighted by Gasteiger charge is -2.20. The van der Waals surface area contributed by atoms with Gasteiger partial charge in [0, 0.05) is 20.1 Å². The fraction of sp³-hybridized carbons (Fsp3) is 0.636. The molecule has 0 spiro atoms. The second-order valence-electron chi connectivity index (χ2n) is 4.09. The minimum atomic E-state index is -0.867. The Morgan fingerprint density at radius 2 is 1.94 bits per heavy atom. The molecule has 0 saturated carbocycles. The third kappa shape index (κ3) is 3.73. The van der Waals surface area contributed by atoms with E-state index in [0.29, 0.717) is 13.1 Å². The highest BCUT2D eigenvalue weighted by Gasteiger charge is 2.24. The summed E-state index contributed by atoms with van der Waals surface area (Å²) in [5.41, 5.74) is 0. The molecule has 0 bridgehead atoms. The van der Waals surface area contributed by atoms with Crippen molar-refractivity contribution in [2.45, 2.75) is 12.8 Å². The Kier molecular flexibility index (Phi) is 5.11. The van der Waals surface area contributed by atoms with Crippen LogP contribution in [0.1, 0.15) is 12.8 Å². The number of rotatable bonds is 3. The van der Waals surface area contributed by atoms with Gasteiger partial charge in [-0.2, -0.15) is 5.26 Å². The van der Waals surface area contributed by atoms with Crippen molar-refractivity contribution >= 4 is 17.7 Å². The summed E-state index contributed by atoms with van der Waals surface area (Å²) in [5, 5.41) is 10.4. The van der Waals surface area contributed by atoms with Crippen LogP contribution in [0.5, 0.6) is 0 Å². The standard InChI is InChI=1S/C11H16N4O3/c1-14(11(18)10(17)13-5-4-12)8-9(16)15-6-2-3-7-15/h2-3,5-8H2,1H3,(H,13,17). The third-order valence-corrected chi connectivity index (χ3v) is 2.70. The summed E-state index contributed by atoms with van der Waals surface area (Å²) < 4.78 is 0. The number of likely N-dealkylation sites (N-methyl/N-ethyl adjacent to an activating group) is 1. The Balaban J connectivity index is 2.41. The Hall–Kier alpha value is -2.10. The second kappa shape index (κ2) is 6.59. The zero-order valence-electron chi connectivity index (χ0n) is 10.3. The molecule has 0 atom stereocenters. The molecule has 7 heteroatoms. The van der Waals surface area contributed by atoms with Gasteiger partial charge in [-0.1, -0.05) is 0 Å². The molecular formula is C11H16N4O3. The van der Waals surface area contributed by atoms with Crippen molar-refractivity contribution < 1.29 is 14.4 Å². The number of carbonyl (C=O) groups excluding carboxylic acids is 3. The highest BCUT2D eigenvalue weighted by molar-refractivity contribution is 6.35. The minimum Gasteiger partial charge on any atom is -0.341 e. The molecule has 1 N–H and O–H groups in total. The van der Waals surface area contributed by atoms with Gasteiger partial charge < -0.3 is 15.1 Å². The average Bonchev–Trinajstić information content (AvgIpc) is 2.88. The number of hydrogen-bond acceptors (Lipinski definition) is 4. The Morgan fingerprint density at radius 1 is 1.33 bits per heavy atom. The van der Waals surface area contributed by atoms with Gasteiger partial charge in [-0.3, -0.25) is 14.4 Å². The summed E-state index contributed by atoms with van der Waals surface area (Å²) in [4.78, 5) is 37.3. The van der Waals surface area contributed by atoms with Crippen LogP contribution in [0.2, 0.25) is 0 Å². The molecule has 1 heterocycles. The first kappa shape index (κ1) is 14.0. The van der Waals surface area contributed by atoms with E-state index in [4.69, 9.17) is 5.26 Å². The van der Waals surface area contributed by atoms with E-state index in [1.807, 2.05) is 0 Å². The zero-order valence-corrected chi connectivity index (χ0v) is 10.3. The van der Waals surface area contributed by atoms with Crippen molar-refractivity contribution in [1.82, 2.24) is 15.1 Å². The molecule has 3 amide bonds. The van der Waals surface area contributed by atoms with Crippen LogP contribution in [0, 0.1) is 11.3 Å². The van der Waals surface area contributed by atoms with E-state index in [9.17, 15) is 14.4 Å². The maximum atomic E-state index is 11.7. The van der Waals surface area contributed by atoms with Crippen LogP contribution in [-0.2, 0) is 14.4 Å². The summed E-state index contributed by atoms with van der Waals surface area (Å²) in [7, 11) is 1.39. The molecule has 1 fully saturated rings. The molecule has 0 aliphatic carbocycles. The molecule has 98 valence electrons. The van der Waals surface area contributed by atoms with E-state index in [-0.39, 0.29) is 19.0 Å². The van der Waals surface area contributed by atoms with Crippen LogP contribution < -0.4 is 5.32 Å². The maximum Gasteiger partial charge on any atom is 0.312 e. The van der Waals surface area contributed by atoms with Gasteiger partial charge in [0.1, 0.15) is 6.54 Å². The molecular weight excluding hydrogens is 236 g/mol.